The van der Waals surface area contributed by atoms with Gasteiger partial charge < -0.3 is 5.32 Å². The highest BCUT2D eigenvalue weighted by Crippen LogP contribution is 2.26. The summed E-state index contributed by atoms with van der Waals surface area (Å²) in [6.07, 6.45) is 1.92. The number of rotatable bonds is 8. The van der Waals surface area contributed by atoms with Gasteiger partial charge in [0.1, 0.15) is 0 Å². The van der Waals surface area contributed by atoms with Crippen molar-refractivity contribution in [2.45, 2.75) is 30.4 Å². The minimum Gasteiger partial charge on any atom is -0.352 e. The van der Waals surface area contributed by atoms with Gasteiger partial charge in [0, 0.05) is 17.2 Å². The molecule has 3 aromatic carbocycles. The number of hydrogen-bond acceptors (Lipinski definition) is 2. The zero-order valence-corrected chi connectivity index (χ0v) is 16.5. The molecule has 0 aliphatic rings. The lowest BCUT2D eigenvalue weighted by atomic mass is 10.1. The number of hydrogen-bond donors (Lipinski definition) is 1. The molecular weight excluding hydrogens is 350 g/mol. The van der Waals surface area contributed by atoms with Crippen molar-refractivity contribution in [1.82, 2.24) is 5.32 Å². The van der Waals surface area contributed by atoms with Crippen LogP contribution in [0.3, 0.4) is 0 Å². The Kier molecular flexibility index (Phi) is 7.11. The van der Waals surface area contributed by atoms with Gasteiger partial charge in [-0.25, -0.2) is 0 Å². The fourth-order valence-corrected chi connectivity index (χ4v) is 3.87. The minimum absolute atomic E-state index is 0.00932. The molecule has 0 saturated carbocycles. The molecule has 2 nitrogen and oxygen atoms in total. The van der Waals surface area contributed by atoms with Crippen molar-refractivity contribution >= 4 is 17.7 Å². The van der Waals surface area contributed by atoms with Crippen LogP contribution in [0, 0.1) is 6.92 Å². The van der Waals surface area contributed by atoms with E-state index >= 15 is 0 Å². The van der Waals surface area contributed by atoms with E-state index in [1.165, 1.54) is 16.7 Å². The summed E-state index contributed by atoms with van der Waals surface area (Å²) < 4.78 is 0. The van der Waals surface area contributed by atoms with Gasteiger partial charge >= 0.3 is 0 Å². The molecule has 0 saturated heterocycles. The highest BCUT2D eigenvalue weighted by molar-refractivity contribution is 7.98. The van der Waals surface area contributed by atoms with E-state index < -0.39 is 0 Å². The first-order chi connectivity index (χ1) is 13.2. The maximum Gasteiger partial charge on any atom is 0.252 e. The molecule has 0 aromatic heterocycles. The van der Waals surface area contributed by atoms with Crippen molar-refractivity contribution in [2.75, 3.05) is 6.54 Å². The maximum atomic E-state index is 12.6. The summed E-state index contributed by atoms with van der Waals surface area (Å²) in [6.45, 7) is 2.78. The molecule has 3 aromatic rings. The number of carbonyl (C=O) groups is 1. The molecule has 0 aliphatic heterocycles. The van der Waals surface area contributed by atoms with E-state index in [0.29, 0.717) is 6.54 Å². The van der Waals surface area contributed by atoms with Crippen LogP contribution in [0.4, 0.5) is 0 Å². The molecule has 0 spiro atoms. The third kappa shape index (κ3) is 6.00. The van der Waals surface area contributed by atoms with Crippen LogP contribution >= 0.6 is 11.8 Å². The molecule has 0 fully saturated rings. The highest BCUT2D eigenvalue weighted by Gasteiger charge is 2.11. The van der Waals surface area contributed by atoms with E-state index in [-0.39, 0.29) is 5.91 Å². The first-order valence-electron chi connectivity index (χ1n) is 9.32. The predicted octanol–water partition coefficient (Wildman–Crippen LogP) is 5.65. The predicted molar refractivity (Wildman–Crippen MR) is 114 cm³/mol. The number of aryl methyl sites for hydroxylation is 2. The maximum absolute atomic E-state index is 12.6. The number of amides is 1. The van der Waals surface area contributed by atoms with Gasteiger partial charge in [-0.2, -0.15) is 0 Å². The average molecular weight is 376 g/mol. The zero-order valence-electron chi connectivity index (χ0n) is 15.7. The molecule has 27 heavy (non-hydrogen) atoms. The molecule has 0 atom stereocenters. The van der Waals surface area contributed by atoms with Crippen LogP contribution in [0.1, 0.15) is 33.5 Å². The SMILES string of the molecule is Cc1ccc(CCCNC(=O)c2ccccc2SCc2ccccc2)cc1. The summed E-state index contributed by atoms with van der Waals surface area (Å²) in [4.78, 5) is 13.6. The third-order valence-corrected chi connectivity index (χ3v) is 5.56. The van der Waals surface area contributed by atoms with E-state index in [1.807, 2.05) is 42.5 Å². The van der Waals surface area contributed by atoms with Crippen molar-refractivity contribution in [2.24, 2.45) is 0 Å². The minimum atomic E-state index is 0.00932. The number of benzene rings is 3. The van der Waals surface area contributed by atoms with Crippen LogP contribution in [0.5, 0.6) is 0 Å². The van der Waals surface area contributed by atoms with Crippen molar-refractivity contribution in [3.05, 3.63) is 101 Å². The summed E-state index contributed by atoms with van der Waals surface area (Å²) in [6, 6.07) is 26.8. The average Bonchev–Trinajstić information content (AvgIpc) is 2.72. The Hall–Kier alpha value is -2.52. The van der Waals surface area contributed by atoms with Gasteiger partial charge in [0.2, 0.25) is 0 Å². The fourth-order valence-electron chi connectivity index (χ4n) is 2.86. The van der Waals surface area contributed by atoms with Crippen LogP contribution in [0.15, 0.2) is 83.8 Å². The molecular formula is C24H25NOS. The Morgan fingerprint density at radius 1 is 0.852 bits per heavy atom. The molecule has 0 aliphatic carbocycles. The van der Waals surface area contributed by atoms with Gasteiger partial charge in [0.05, 0.1) is 5.56 Å². The monoisotopic (exact) mass is 375 g/mol. The van der Waals surface area contributed by atoms with Crippen LogP contribution in [-0.4, -0.2) is 12.5 Å². The molecule has 0 heterocycles. The number of carbonyl (C=O) groups excluding carboxylic acids is 1. The van der Waals surface area contributed by atoms with Gasteiger partial charge in [-0.15, -0.1) is 11.8 Å². The second-order valence-corrected chi connectivity index (χ2v) is 7.63. The van der Waals surface area contributed by atoms with E-state index in [9.17, 15) is 4.79 Å². The quantitative estimate of drug-likeness (QED) is 0.407. The Balaban J connectivity index is 1.51. The number of thioether (sulfide) groups is 1. The second-order valence-electron chi connectivity index (χ2n) is 6.62. The highest BCUT2D eigenvalue weighted by atomic mass is 32.2. The lowest BCUT2D eigenvalue weighted by molar-refractivity contribution is 0.0950. The summed E-state index contributed by atoms with van der Waals surface area (Å²) in [7, 11) is 0. The van der Waals surface area contributed by atoms with Crippen LogP contribution in [0.2, 0.25) is 0 Å². The topological polar surface area (TPSA) is 29.1 Å². The van der Waals surface area contributed by atoms with E-state index in [2.05, 4.69) is 48.6 Å². The van der Waals surface area contributed by atoms with Crippen LogP contribution in [0.25, 0.3) is 0 Å². The van der Waals surface area contributed by atoms with Gasteiger partial charge in [-0.3, -0.25) is 4.79 Å². The van der Waals surface area contributed by atoms with Gasteiger partial charge in [0.25, 0.3) is 5.91 Å². The second kappa shape index (κ2) is 9.98. The van der Waals surface area contributed by atoms with E-state index in [0.717, 1.165) is 29.1 Å². The van der Waals surface area contributed by atoms with E-state index in [1.54, 1.807) is 11.8 Å². The standard InChI is InChI=1S/C24H25NOS/c1-19-13-15-20(16-14-19)10-7-17-25-24(26)22-11-5-6-12-23(22)27-18-21-8-3-2-4-9-21/h2-6,8-9,11-16H,7,10,17-18H2,1H3,(H,25,26). The third-order valence-electron chi connectivity index (χ3n) is 4.42. The van der Waals surface area contributed by atoms with Crippen molar-refractivity contribution < 1.29 is 4.79 Å². The van der Waals surface area contributed by atoms with Crippen molar-refractivity contribution in [1.29, 1.82) is 0 Å². The van der Waals surface area contributed by atoms with Gasteiger partial charge in [-0.1, -0.05) is 72.3 Å². The molecule has 1 N–H and O–H groups in total. The molecule has 3 heteroatoms. The fraction of sp³-hybridized carbons (Fsp3) is 0.208. The molecule has 0 radical (unpaired) electrons. The first-order valence-corrected chi connectivity index (χ1v) is 10.3. The van der Waals surface area contributed by atoms with E-state index in [4.69, 9.17) is 0 Å². The summed E-state index contributed by atoms with van der Waals surface area (Å²) >= 11 is 1.71. The van der Waals surface area contributed by atoms with Crippen LogP contribution < -0.4 is 5.32 Å². The Morgan fingerprint density at radius 2 is 1.56 bits per heavy atom. The van der Waals surface area contributed by atoms with Gasteiger partial charge in [0.15, 0.2) is 0 Å². The normalized spacial score (nSPS) is 10.6. The smallest absolute Gasteiger partial charge is 0.252 e. The Bertz CT molecular complexity index is 859. The molecule has 1 amide bonds. The molecule has 0 unspecified atom stereocenters. The first kappa shape index (κ1) is 19.2. The largest absolute Gasteiger partial charge is 0.352 e. The molecule has 3 rings (SSSR count). The molecule has 138 valence electrons. The Labute approximate surface area is 166 Å². The summed E-state index contributed by atoms with van der Waals surface area (Å²) in [5.74, 6) is 0.869. The lowest BCUT2D eigenvalue weighted by Crippen LogP contribution is -2.25. The van der Waals surface area contributed by atoms with Crippen LogP contribution in [-0.2, 0) is 12.2 Å². The van der Waals surface area contributed by atoms with Gasteiger partial charge in [-0.05, 0) is 43.0 Å². The summed E-state index contributed by atoms with van der Waals surface area (Å²) in [5, 5.41) is 3.07. The number of nitrogens with one attached hydrogen (secondary N) is 1. The summed E-state index contributed by atoms with van der Waals surface area (Å²) in [5.41, 5.74) is 4.61. The van der Waals surface area contributed by atoms with Crippen molar-refractivity contribution in [3.8, 4) is 0 Å². The van der Waals surface area contributed by atoms with Crippen molar-refractivity contribution in [3.63, 3.8) is 0 Å². The zero-order chi connectivity index (χ0) is 18.9. The molecule has 0 bridgehead atoms. The lowest BCUT2D eigenvalue weighted by Gasteiger charge is -2.10. The Morgan fingerprint density at radius 3 is 2.33 bits per heavy atom.